The van der Waals surface area contributed by atoms with E-state index in [0.29, 0.717) is 0 Å². The number of hydrogen-bond acceptors (Lipinski definition) is 3. The molecule has 2 nitrogen and oxygen atoms in total. The van der Waals surface area contributed by atoms with E-state index in [-0.39, 0.29) is 11.6 Å². The van der Waals surface area contributed by atoms with Crippen molar-refractivity contribution in [2.75, 3.05) is 18.1 Å². The number of para-hydroxylation sites is 1. The normalized spacial score (nSPS) is 19.9. The van der Waals surface area contributed by atoms with Crippen LogP contribution in [-0.4, -0.2) is 23.7 Å². The van der Waals surface area contributed by atoms with Crippen LogP contribution < -0.4 is 10.1 Å². The molecule has 1 aromatic rings. The molecule has 1 unspecified atom stereocenters. The van der Waals surface area contributed by atoms with Crippen molar-refractivity contribution in [1.82, 2.24) is 5.32 Å². The Balaban J connectivity index is 1.96. The molecule has 1 aliphatic rings. The second kappa shape index (κ2) is 5.69. The van der Waals surface area contributed by atoms with Crippen molar-refractivity contribution in [3.63, 3.8) is 0 Å². The van der Waals surface area contributed by atoms with Gasteiger partial charge in [0.05, 0.1) is 11.8 Å². The van der Waals surface area contributed by atoms with Crippen LogP contribution in [0.2, 0.25) is 0 Å². The minimum absolute atomic E-state index is 0.194. The summed E-state index contributed by atoms with van der Waals surface area (Å²) in [6.07, 6.45) is 5.23. The van der Waals surface area contributed by atoms with Gasteiger partial charge in [-0.15, -0.1) is 18.2 Å². The van der Waals surface area contributed by atoms with Crippen molar-refractivity contribution in [1.29, 1.82) is 0 Å². The van der Waals surface area contributed by atoms with Crippen LogP contribution in [0.5, 0.6) is 5.75 Å². The molecule has 0 spiro atoms. The first-order chi connectivity index (χ1) is 8.65. The molecule has 0 aromatic heterocycles. The van der Waals surface area contributed by atoms with E-state index >= 15 is 0 Å². The van der Waals surface area contributed by atoms with Gasteiger partial charge in [0.15, 0.2) is 0 Å². The Bertz CT molecular complexity index is 450. The lowest BCUT2D eigenvalue weighted by Gasteiger charge is -2.27. The van der Waals surface area contributed by atoms with E-state index in [2.05, 4.69) is 37.2 Å². The summed E-state index contributed by atoms with van der Waals surface area (Å²) in [7, 11) is 0. The minimum Gasteiger partial charge on any atom is -0.486 e. The zero-order chi connectivity index (χ0) is 13.0. The molecule has 0 bridgehead atoms. The Morgan fingerprint density at radius 1 is 1.44 bits per heavy atom. The van der Waals surface area contributed by atoms with Gasteiger partial charge in [0.25, 0.3) is 0 Å². The Morgan fingerprint density at radius 3 is 3.00 bits per heavy atom. The van der Waals surface area contributed by atoms with Crippen LogP contribution in [0, 0.1) is 12.3 Å². The first kappa shape index (κ1) is 13.3. The van der Waals surface area contributed by atoms with Crippen molar-refractivity contribution in [3.05, 3.63) is 29.8 Å². The van der Waals surface area contributed by atoms with Gasteiger partial charge >= 0.3 is 0 Å². The molecule has 0 saturated carbocycles. The largest absolute Gasteiger partial charge is 0.486 e. The minimum atomic E-state index is -0.194. The van der Waals surface area contributed by atoms with Crippen LogP contribution in [0.4, 0.5) is 0 Å². The van der Waals surface area contributed by atoms with Crippen molar-refractivity contribution in [2.24, 2.45) is 0 Å². The SMILES string of the molecule is C#CCSCCNC1c2ccccc2OC1(C)C. The fraction of sp³-hybridized carbons (Fsp3) is 0.467. The molecule has 0 aliphatic carbocycles. The van der Waals surface area contributed by atoms with Crippen molar-refractivity contribution < 1.29 is 4.74 Å². The summed E-state index contributed by atoms with van der Waals surface area (Å²) in [6.45, 7) is 5.19. The van der Waals surface area contributed by atoms with E-state index < -0.39 is 0 Å². The van der Waals surface area contributed by atoms with E-state index in [0.717, 1.165) is 23.8 Å². The summed E-state index contributed by atoms with van der Waals surface area (Å²) in [5.74, 6) is 5.44. The number of nitrogens with one attached hydrogen (secondary N) is 1. The molecule has 0 amide bonds. The highest BCUT2D eigenvalue weighted by molar-refractivity contribution is 7.99. The molecule has 1 aromatic carbocycles. The third-order valence-electron chi connectivity index (χ3n) is 3.08. The Hall–Kier alpha value is -1.11. The monoisotopic (exact) mass is 261 g/mol. The molecule has 1 atom stereocenters. The van der Waals surface area contributed by atoms with Gasteiger partial charge in [-0.25, -0.2) is 0 Å². The summed E-state index contributed by atoms with van der Waals surface area (Å²) in [5.41, 5.74) is 1.06. The number of terminal acetylenes is 1. The summed E-state index contributed by atoms with van der Waals surface area (Å²) in [5, 5.41) is 3.57. The van der Waals surface area contributed by atoms with Gasteiger partial charge in [0.2, 0.25) is 0 Å². The van der Waals surface area contributed by atoms with Crippen LogP contribution >= 0.6 is 11.8 Å². The number of fused-ring (bicyclic) bond motifs is 1. The van der Waals surface area contributed by atoms with Gasteiger partial charge in [-0.1, -0.05) is 24.1 Å². The van der Waals surface area contributed by atoms with Crippen molar-refractivity contribution in [2.45, 2.75) is 25.5 Å². The fourth-order valence-corrected chi connectivity index (χ4v) is 2.82. The lowest BCUT2D eigenvalue weighted by Crippen LogP contribution is -2.39. The lowest BCUT2D eigenvalue weighted by atomic mass is 9.94. The van der Waals surface area contributed by atoms with E-state index in [1.54, 1.807) is 11.8 Å². The molecule has 0 saturated heterocycles. The maximum absolute atomic E-state index is 5.98. The zero-order valence-electron chi connectivity index (χ0n) is 10.9. The third-order valence-corrected chi connectivity index (χ3v) is 3.94. The number of thioether (sulfide) groups is 1. The Labute approximate surface area is 113 Å². The molecular weight excluding hydrogens is 242 g/mol. The highest BCUT2D eigenvalue weighted by Crippen LogP contribution is 2.42. The highest BCUT2D eigenvalue weighted by atomic mass is 32.2. The van der Waals surface area contributed by atoms with E-state index in [9.17, 15) is 0 Å². The smallest absolute Gasteiger partial charge is 0.125 e. The van der Waals surface area contributed by atoms with Crippen molar-refractivity contribution in [3.8, 4) is 18.1 Å². The maximum atomic E-state index is 5.98. The first-order valence-electron chi connectivity index (χ1n) is 6.17. The van der Waals surface area contributed by atoms with Crippen LogP contribution in [-0.2, 0) is 0 Å². The molecule has 0 radical (unpaired) electrons. The van der Waals surface area contributed by atoms with E-state index in [1.165, 1.54) is 5.56 Å². The first-order valence-corrected chi connectivity index (χ1v) is 7.33. The predicted molar refractivity (Wildman–Crippen MR) is 78.1 cm³/mol. The summed E-state index contributed by atoms with van der Waals surface area (Å²) in [4.78, 5) is 0. The van der Waals surface area contributed by atoms with Crippen LogP contribution in [0.25, 0.3) is 0 Å². The zero-order valence-corrected chi connectivity index (χ0v) is 11.7. The second-order valence-corrected chi connectivity index (χ2v) is 5.99. The highest BCUT2D eigenvalue weighted by Gasteiger charge is 2.40. The van der Waals surface area contributed by atoms with E-state index in [4.69, 9.17) is 11.2 Å². The molecule has 3 heteroatoms. The predicted octanol–water partition coefficient (Wildman–Crippen LogP) is 2.85. The molecule has 1 aliphatic heterocycles. The topological polar surface area (TPSA) is 21.3 Å². The maximum Gasteiger partial charge on any atom is 0.125 e. The number of rotatable bonds is 5. The van der Waals surface area contributed by atoms with Gasteiger partial charge in [-0.05, 0) is 19.9 Å². The average molecular weight is 261 g/mol. The standard InChI is InChI=1S/C15H19NOS/c1-4-10-18-11-9-16-14-12-7-5-6-8-13(12)17-15(14,2)3/h1,5-8,14,16H,9-11H2,2-3H3. The average Bonchev–Trinajstić information content (AvgIpc) is 2.60. The van der Waals surface area contributed by atoms with Gasteiger partial charge in [0.1, 0.15) is 11.4 Å². The number of benzene rings is 1. The second-order valence-electron chi connectivity index (χ2n) is 4.89. The summed E-state index contributed by atoms with van der Waals surface area (Å²) >= 11 is 1.78. The molecule has 1 N–H and O–H groups in total. The van der Waals surface area contributed by atoms with E-state index in [1.807, 2.05) is 12.1 Å². The van der Waals surface area contributed by atoms with Gasteiger partial charge in [-0.3, -0.25) is 0 Å². The van der Waals surface area contributed by atoms with Crippen LogP contribution in [0.3, 0.4) is 0 Å². The van der Waals surface area contributed by atoms with Crippen LogP contribution in [0.1, 0.15) is 25.5 Å². The van der Waals surface area contributed by atoms with Gasteiger partial charge in [0, 0.05) is 17.9 Å². The van der Waals surface area contributed by atoms with Gasteiger partial charge in [-0.2, -0.15) is 0 Å². The summed E-state index contributed by atoms with van der Waals surface area (Å²) in [6, 6.07) is 8.49. The molecule has 96 valence electrons. The fourth-order valence-electron chi connectivity index (χ4n) is 2.29. The molecular formula is C15H19NOS. The van der Waals surface area contributed by atoms with Crippen molar-refractivity contribution >= 4 is 11.8 Å². The quantitative estimate of drug-likeness (QED) is 0.650. The molecule has 2 rings (SSSR count). The molecule has 1 heterocycles. The number of ether oxygens (including phenoxy) is 1. The Kier molecular flexibility index (Phi) is 4.21. The third kappa shape index (κ3) is 2.82. The number of hydrogen-bond donors (Lipinski definition) is 1. The van der Waals surface area contributed by atoms with Gasteiger partial charge < -0.3 is 10.1 Å². The Morgan fingerprint density at radius 2 is 2.22 bits per heavy atom. The summed E-state index contributed by atoms with van der Waals surface area (Å²) < 4.78 is 5.98. The lowest BCUT2D eigenvalue weighted by molar-refractivity contribution is 0.0975. The molecule has 18 heavy (non-hydrogen) atoms. The van der Waals surface area contributed by atoms with Crippen LogP contribution in [0.15, 0.2) is 24.3 Å². The molecule has 0 fully saturated rings.